The zero-order valence-electron chi connectivity index (χ0n) is 7.93. The van der Waals surface area contributed by atoms with E-state index in [0.29, 0.717) is 6.04 Å². The van der Waals surface area contributed by atoms with E-state index < -0.39 is 0 Å². The van der Waals surface area contributed by atoms with Gasteiger partial charge in [0.1, 0.15) is 0 Å². The quantitative estimate of drug-likeness (QED) is 0.616. The first kappa shape index (κ1) is 10.9. The highest BCUT2D eigenvalue weighted by Crippen LogP contribution is 1.98. The topological polar surface area (TPSA) is 32.3 Å². The largest absolute Gasteiger partial charge is 0.395 e. The van der Waals surface area contributed by atoms with Gasteiger partial charge in [0, 0.05) is 12.1 Å². The molecule has 68 valence electrons. The Morgan fingerprint density at radius 3 is 2.36 bits per heavy atom. The number of aliphatic hydroxyl groups is 1. The summed E-state index contributed by atoms with van der Waals surface area (Å²) in [7, 11) is 0. The van der Waals surface area contributed by atoms with Crippen LogP contribution >= 0.6 is 0 Å². The highest BCUT2D eigenvalue weighted by Gasteiger charge is 2.07. The molecule has 0 radical (unpaired) electrons. The van der Waals surface area contributed by atoms with Gasteiger partial charge in [0.05, 0.1) is 6.61 Å². The summed E-state index contributed by atoms with van der Waals surface area (Å²) < 4.78 is 0. The second kappa shape index (κ2) is 6.62. The average Bonchev–Trinajstić information content (AvgIpc) is 2.01. The van der Waals surface area contributed by atoms with Crippen molar-refractivity contribution in [1.82, 2.24) is 5.32 Å². The Balaban J connectivity index is 3.44. The SMILES string of the molecule is CCCC(C)N[C@@H](CC)CO. The van der Waals surface area contributed by atoms with Crippen molar-refractivity contribution in [3.63, 3.8) is 0 Å². The van der Waals surface area contributed by atoms with Crippen LogP contribution in [0.3, 0.4) is 0 Å². The monoisotopic (exact) mass is 159 g/mol. The Morgan fingerprint density at radius 2 is 2.00 bits per heavy atom. The van der Waals surface area contributed by atoms with Crippen LogP contribution in [0.15, 0.2) is 0 Å². The van der Waals surface area contributed by atoms with Gasteiger partial charge in [-0.3, -0.25) is 0 Å². The van der Waals surface area contributed by atoms with Crippen molar-refractivity contribution in [2.24, 2.45) is 0 Å². The van der Waals surface area contributed by atoms with Crippen molar-refractivity contribution in [2.45, 2.75) is 52.1 Å². The fourth-order valence-electron chi connectivity index (χ4n) is 1.22. The first-order valence-electron chi connectivity index (χ1n) is 4.61. The maximum Gasteiger partial charge on any atom is 0.0584 e. The van der Waals surface area contributed by atoms with Crippen molar-refractivity contribution in [1.29, 1.82) is 0 Å². The van der Waals surface area contributed by atoms with E-state index >= 15 is 0 Å². The molecule has 0 heterocycles. The predicted molar refractivity (Wildman–Crippen MR) is 48.7 cm³/mol. The third-order valence-corrected chi connectivity index (χ3v) is 1.96. The van der Waals surface area contributed by atoms with Crippen LogP contribution in [0.2, 0.25) is 0 Å². The van der Waals surface area contributed by atoms with E-state index in [9.17, 15) is 0 Å². The van der Waals surface area contributed by atoms with Crippen molar-refractivity contribution >= 4 is 0 Å². The van der Waals surface area contributed by atoms with Crippen LogP contribution in [-0.2, 0) is 0 Å². The van der Waals surface area contributed by atoms with Gasteiger partial charge in [-0.2, -0.15) is 0 Å². The molecular weight excluding hydrogens is 138 g/mol. The molecule has 2 heteroatoms. The zero-order chi connectivity index (χ0) is 8.69. The van der Waals surface area contributed by atoms with Crippen LogP contribution in [0.25, 0.3) is 0 Å². The molecule has 0 aliphatic heterocycles. The average molecular weight is 159 g/mol. The van der Waals surface area contributed by atoms with Crippen molar-refractivity contribution < 1.29 is 5.11 Å². The molecule has 2 nitrogen and oxygen atoms in total. The number of hydrogen-bond donors (Lipinski definition) is 2. The Bertz CT molecular complexity index is 81.6. The summed E-state index contributed by atoms with van der Waals surface area (Å²) >= 11 is 0. The van der Waals surface area contributed by atoms with Crippen LogP contribution < -0.4 is 5.32 Å². The van der Waals surface area contributed by atoms with Crippen LogP contribution in [0.4, 0.5) is 0 Å². The van der Waals surface area contributed by atoms with Gasteiger partial charge in [-0.15, -0.1) is 0 Å². The van der Waals surface area contributed by atoms with Gasteiger partial charge >= 0.3 is 0 Å². The second-order valence-corrected chi connectivity index (χ2v) is 3.14. The van der Waals surface area contributed by atoms with E-state index in [1.165, 1.54) is 12.8 Å². The normalized spacial score (nSPS) is 16.4. The highest BCUT2D eigenvalue weighted by atomic mass is 16.3. The van der Waals surface area contributed by atoms with Gasteiger partial charge in [-0.05, 0) is 19.8 Å². The summed E-state index contributed by atoms with van der Waals surface area (Å²) in [5.41, 5.74) is 0. The molecule has 0 aromatic heterocycles. The molecular formula is C9H21NO. The smallest absolute Gasteiger partial charge is 0.0584 e. The molecule has 0 fully saturated rings. The molecule has 0 aliphatic rings. The third-order valence-electron chi connectivity index (χ3n) is 1.96. The van der Waals surface area contributed by atoms with E-state index in [1.54, 1.807) is 0 Å². The molecule has 0 spiro atoms. The zero-order valence-corrected chi connectivity index (χ0v) is 7.93. The molecule has 0 saturated heterocycles. The van der Waals surface area contributed by atoms with Crippen LogP contribution in [0.1, 0.15) is 40.0 Å². The molecule has 0 saturated carbocycles. The highest BCUT2D eigenvalue weighted by molar-refractivity contribution is 4.68. The summed E-state index contributed by atoms with van der Waals surface area (Å²) in [5.74, 6) is 0. The van der Waals surface area contributed by atoms with E-state index in [0.717, 1.165) is 6.42 Å². The lowest BCUT2D eigenvalue weighted by Crippen LogP contribution is -2.38. The minimum atomic E-state index is 0.255. The van der Waals surface area contributed by atoms with Gasteiger partial charge in [-0.1, -0.05) is 20.3 Å². The van der Waals surface area contributed by atoms with E-state index in [2.05, 4.69) is 26.1 Å². The Hall–Kier alpha value is -0.0800. The number of rotatable bonds is 6. The predicted octanol–water partition coefficient (Wildman–Crippen LogP) is 1.54. The third kappa shape index (κ3) is 5.22. The molecule has 1 unspecified atom stereocenters. The molecule has 11 heavy (non-hydrogen) atoms. The second-order valence-electron chi connectivity index (χ2n) is 3.14. The molecule has 2 atom stereocenters. The summed E-state index contributed by atoms with van der Waals surface area (Å²) in [6.07, 6.45) is 3.40. The molecule has 0 bridgehead atoms. The van der Waals surface area contributed by atoms with Crippen LogP contribution in [0, 0.1) is 0 Å². The molecule has 0 amide bonds. The molecule has 2 N–H and O–H groups in total. The van der Waals surface area contributed by atoms with Crippen LogP contribution in [0.5, 0.6) is 0 Å². The Labute approximate surface area is 70.0 Å². The number of nitrogens with one attached hydrogen (secondary N) is 1. The van der Waals surface area contributed by atoms with Crippen molar-refractivity contribution in [2.75, 3.05) is 6.61 Å². The van der Waals surface area contributed by atoms with Gasteiger partial charge in [0.25, 0.3) is 0 Å². The number of hydrogen-bond acceptors (Lipinski definition) is 2. The van der Waals surface area contributed by atoms with E-state index in [-0.39, 0.29) is 12.6 Å². The van der Waals surface area contributed by atoms with Gasteiger partial charge in [0.2, 0.25) is 0 Å². The van der Waals surface area contributed by atoms with Crippen LogP contribution in [-0.4, -0.2) is 23.8 Å². The van der Waals surface area contributed by atoms with Gasteiger partial charge in [-0.25, -0.2) is 0 Å². The minimum Gasteiger partial charge on any atom is -0.395 e. The number of aliphatic hydroxyl groups excluding tert-OH is 1. The lowest BCUT2D eigenvalue weighted by Gasteiger charge is -2.19. The Kier molecular flexibility index (Phi) is 6.57. The molecule has 0 aromatic carbocycles. The fourth-order valence-corrected chi connectivity index (χ4v) is 1.22. The lowest BCUT2D eigenvalue weighted by molar-refractivity contribution is 0.227. The molecule has 0 aromatic rings. The maximum absolute atomic E-state index is 8.88. The van der Waals surface area contributed by atoms with Gasteiger partial charge in [0.15, 0.2) is 0 Å². The molecule has 0 rings (SSSR count). The summed E-state index contributed by atoms with van der Waals surface area (Å²) in [6, 6.07) is 0.827. The summed E-state index contributed by atoms with van der Waals surface area (Å²) in [5, 5.41) is 12.2. The first-order chi connectivity index (χ1) is 5.24. The standard InChI is InChI=1S/C9H21NO/c1-4-6-8(3)10-9(5-2)7-11/h8-11H,4-7H2,1-3H3/t8?,9-/m0/s1. The van der Waals surface area contributed by atoms with Gasteiger partial charge < -0.3 is 10.4 Å². The van der Waals surface area contributed by atoms with Crippen molar-refractivity contribution in [3.8, 4) is 0 Å². The van der Waals surface area contributed by atoms with E-state index in [1.807, 2.05) is 0 Å². The van der Waals surface area contributed by atoms with E-state index in [4.69, 9.17) is 5.11 Å². The molecule has 0 aliphatic carbocycles. The summed E-state index contributed by atoms with van der Waals surface area (Å²) in [4.78, 5) is 0. The fraction of sp³-hybridized carbons (Fsp3) is 1.00. The lowest BCUT2D eigenvalue weighted by atomic mass is 10.1. The summed E-state index contributed by atoms with van der Waals surface area (Å²) in [6.45, 7) is 6.69. The Morgan fingerprint density at radius 1 is 1.36 bits per heavy atom. The minimum absolute atomic E-state index is 0.255. The first-order valence-corrected chi connectivity index (χ1v) is 4.61. The van der Waals surface area contributed by atoms with Crippen molar-refractivity contribution in [3.05, 3.63) is 0 Å². The maximum atomic E-state index is 8.88.